The van der Waals surface area contributed by atoms with Crippen LogP contribution < -0.4 is 11.1 Å². The predicted octanol–water partition coefficient (Wildman–Crippen LogP) is 1.29. The van der Waals surface area contributed by atoms with Crippen molar-refractivity contribution in [2.75, 3.05) is 12.3 Å². The Morgan fingerprint density at radius 2 is 2.29 bits per heavy atom. The molecule has 0 unspecified atom stereocenters. The van der Waals surface area contributed by atoms with E-state index in [1.165, 1.54) is 6.07 Å². The van der Waals surface area contributed by atoms with Crippen LogP contribution in [-0.4, -0.2) is 11.5 Å². The summed E-state index contributed by atoms with van der Waals surface area (Å²) in [6.45, 7) is 3.43. The first-order valence-corrected chi connectivity index (χ1v) is 4.38. The van der Waals surface area contributed by atoms with Crippen LogP contribution in [0.3, 0.4) is 0 Å². The Bertz CT molecular complexity index is 339. The molecule has 0 aliphatic rings. The van der Waals surface area contributed by atoms with Crippen LogP contribution in [0.4, 0.5) is 11.4 Å². The molecule has 5 nitrogen and oxygen atoms in total. The highest BCUT2D eigenvalue weighted by Gasteiger charge is 2.11. The largest absolute Gasteiger partial charge is 0.393 e. The molecule has 76 valence electrons. The molecule has 0 heterocycles. The molecule has 0 bridgehead atoms. The zero-order chi connectivity index (χ0) is 10.6. The molecule has 0 aliphatic carbocycles. The van der Waals surface area contributed by atoms with Gasteiger partial charge in [-0.05, 0) is 18.2 Å². The van der Waals surface area contributed by atoms with Gasteiger partial charge in [0.15, 0.2) is 0 Å². The van der Waals surface area contributed by atoms with Crippen molar-refractivity contribution in [3.8, 4) is 0 Å². The molecule has 3 N–H and O–H groups in total. The van der Waals surface area contributed by atoms with Gasteiger partial charge < -0.3 is 11.1 Å². The maximum Gasteiger partial charge on any atom is 0.292 e. The third-order valence-corrected chi connectivity index (χ3v) is 1.87. The number of benzene rings is 1. The summed E-state index contributed by atoms with van der Waals surface area (Å²) in [5.74, 6) is 0. The number of nitrogens with zero attached hydrogens (tertiary/aromatic N) is 1. The lowest BCUT2D eigenvalue weighted by Gasteiger charge is -2.03. The number of hydrogen-bond acceptors (Lipinski definition) is 4. The lowest BCUT2D eigenvalue weighted by atomic mass is 10.2. The van der Waals surface area contributed by atoms with Crippen LogP contribution in [0.5, 0.6) is 0 Å². The first-order valence-electron chi connectivity index (χ1n) is 4.38. The molecule has 0 amide bonds. The topological polar surface area (TPSA) is 81.2 Å². The second kappa shape index (κ2) is 4.57. The van der Waals surface area contributed by atoms with Crippen LogP contribution in [-0.2, 0) is 6.54 Å². The molecule has 0 saturated carbocycles. The van der Waals surface area contributed by atoms with E-state index in [1.54, 1.807) is 12.1 Å². The van der Waals surface area contributed by atoms with Crippen molar-refractivity contribution >= 4 is 11.4 Å². The van der Waals surface area contributed by atoms with Crippen molar-refractivity contribution < 1.29 is 4.92 Å². The molecule has 0 atom stereocenters. The summed E-state index contributed by atoms with van der Waals surface area (Å²) >= 11 is 0. The summed E-state index contributed by atoms with van der Waals surface area (Å²) in [5.41, 5.74) is 6.50. The van der Waals surface area contributed by atoms with E-state index in [2.05, 4.69) is 5.32 Å². The molecule has 0 radical (unpaired) electrons. The second-order valence-corrected chi connectivity index (χ2v) is 2.93. The van der Waals surface area contributed by atoms with E-state index in [4.69, 9.17) is 5.73 Å². The van der Waals surface area contributed by atoms with Crippen LogP contribution in [0.2, 0.25) is 0 Å². The number of nitro groups is 1. The van der Waals surface area contributed by atoms with Crippen LogP contribution >= 0.6 is 0 Å². The summed E-state index contributed by atoms with van der Waals surface area (Å²) in [4.78, 5) is 10.1. The SMILES string of the molecule is CCNCc1ccc(N)c([N+](=O)[O-])c1. The smallest absolute Gasteiger partial charge is 0.292 e. The van der Waals surface area contributed by atoms with Gasteiger partial charge in [-0.25, -0.2) is 0 Å². The first kappa shape index (κ1) is 10.5. The van der Waals surface area contributed by atoms with Crippen LogP contribution in [0.1, 0.15) is 12.5 Å². The third-order valence-electron chi connectivity index (χ3n) is 1.87. The molecule has 1 rings (SSSR count). The molecule has 0 aromatic heterocycles. The highest BCUT2D eigenvalue weighted by Crippen LogP contribution is 2.21. The van der Waals surface area contributed by atoms with Crippen molar-refractivity contribution in [3.05, 3.63) is 33.9 Å². The fourth-order valence-electron chi connectivity index (χ4n) is 1.13. The molecular formula is C9H13N3O2. The molecule has 5 heteroatoms. The van der Waals surface area contributed by atoms with E-state index in [0.717, 1.165) is 12.1 Å². The zero-order valence-corrected chi connectivity index (χ0v) is 7.99. The molecule has 0 fully saturated rings. The Hall–Kier alpha value is -1.62. The summed E-state index contributed by atoms with van der Waals surface area (Å²) in [5, 5.41) is 13.6. The summed E-state index contributed by atoms with van der Waals surface area (Å²) in [6.07, 6.45) is 0. The summed E-state index contributed by atoms with van der Waals surface area (Å²) in [6, 6.07) is 4.84. The minimum atomic E-state index is -0.467. The maximum atomic E-state index is 10.6. The number of nitro benzene ring substituents is 1. The van der Waals surface area contributed by atoms with Gasteiger partial charge in [0.2, 0.25) is 0 Å². The highest BCUT2D eigenvalue weighted by molar-refractivity contribution is 5.59. The van der Waals surface area contributed by atoms with Gasteiger partial charge in [0.05, 0.1) is 4.92 Å². The lowest BCUT2D eigenvalue weighted by Crippen LogP contribution is -2.12. The Morgan fingerprint density at radius 3 is 2.86 bits per heavy atom. The van der Waals surface area contributed by atoms with Gasteiger partial charge in [0, 0.05) is 12.6 Å². The molecule has 1 aromatic rings. The van der Waals surface area contributed by atoms with Gasteiger partial charge >= 0.3 is 0 Å². The molecule has 0 saturated heterocycles. The van der Waals surface area contributed by atoms with E-state index >= 15 is 0 Å². The number of hydrogen-bond donors (Lipinski definition) is 2. The van der Waals surface area contributed by atoms with Crippen molar-refractivity contribution in [2.24, 2.45) is 0 Å². The number of nitrogens with one attached hydrogen (secondary N) is 1. The predicted molar refractivity (Wildman–Crippen MR) is 54.9 cm³/mol. The Kier molecular flexibility index (Phi) is 3.41. The van der Waals surface area contributed by atoms with Gasteiger partial charge in [-0.2, -0.15) is 0 Å². The van der Waals surface area contributed by atoms with Crippen molar-refractivity contribution in [1.82, 2.24) is 5.32 Å². The van der Waals surface area contributed by atoms with Crippen LogP contribution in [0, 0.1) is 10.1 Å². The number of rotatable bonds is 4. The fraction of sp³-hybridized carbons (Fsp3) is 0.333. The van der Waals surface area contributed by atoms with Crippen LogP contribution in [0.25, 0.3) is 0 Å². The quantitative estimate of drug-likeness (QED) is 0.431. The van der Waals surface area contributed by atoms with E-state index in [-0.39, 0.29) is 11.4 Å². The van der Waals surface area contributed by atoms with Crippen molar-refractivity contribution in [1.29, 1.82) is 0 Å². The third kappa shape index (κ3) is 2.43. The monoisotopic (exact) mass is 195 g/mol. The number of nitrogen functional groups attached to an aromatic ring is 1. The summed E-state index contributed by atoms with van der Waals surface area (Å²) in [7, 11) is 0. The molecule has 0 aliphatic heterocycles. The van der Waals surface area contributed by atoms with E-state index in [9.17, 15) is 10.1 Å². The van der Waals surface area contributed by atoms with E-state index in [1.807, 2.05) is 6.92 Å². The number of nitrogens with two attached hydrogens (primary N) is 1. The minimum absolute atomic E-state index is 0.0274. The average Bonchev–Trinajstić information content (AvgIpc) is 2.16. The normalized spacial score (nSPS) is 10.1. The highest BCUT2D eigenvalue weighted by atomic mass is 16.6. The van der Waals surface area contributed by atoms with Crippen LogP contribution in [0.15, 0.2) is 18.2 Å². The van der Waals surface area contributed by atoms with Gasteiger partial charge in [0.1, 0.15) is 5.69 Å². The number of anilines is 1. The lowest BCUT2D eigenvalue weighted by molar-refractivity contribution is -0.384. The van der Waals surface area contributed by atoms with Gasteiger partial charge in [-0.3, -0.25) is 10.1 Å². The molecule has 0 spiro atoms. The zero-order valence-electron chi connectivity index (χ0n) is 7.99. The molecule has 14 heavy (non-hydrogen) atoms. The van der Waals surface area contributed by atoms with Gasteiger partial charge in [0.25, 0.3) is 5.69 Å². The average molecular weight is 195 g/mol. The van der Waals surface area contributed by atoms with Crippen molar-refractivity contribution in [2.45, 2.75) is 13.5 Å². The van der Waals surface area contributed by atoms with Gasteiger partial charge in [-0.1, -0.05) is 13.0 Å². The maximum absolute atomic E-state index is 10.6. The van der Waals surface area contributed by atoms with E-state index < -0.39 is 4.92 Å². The molecule has 1 aromatic carbocycles. The fourth-order valence-corrected chi connectivity index (χ4v) is 1.13. The Morgan fingerprint density at radius 1 is 1.57 bits per heavy atom. The Labute approximate surface area is 82.1 Å². The minimum Gasteiger partial charge on any atom is -0.393 e. The second-order valence-electron chi connectivity index (χ2n) is 2.93. The standard InChI is InChI=1S/C9H13N3O2/c1-2-11-6-7-3-4-8(10)9(5-7)12(13)14/h3-5,11H,2,6,10H2,1H3. The van der Waals surface area contributed by atoms with E-state index in [0.29, 0.717) is 6.54 Å². The first-order chi connectivity index (χ1) is 6.65. The van der Waals surface area contributed by atoms with Crippen molar-refractivity contribution in [3.63, 3.8) is 0 Å². The van der Waals surface area contributed by atoms with Gasteiger partial charge in [-0.15, -0.1) is 0 Å². The Balaban J connectivity index is 2.89. The molecular weight excluding hydrogens is 182 g/mol. The summed E-state index contributed by atoms with van der Waals surface area (Å²) < 4.78 is 0.